The standard InChI is InChI=1S/C18H19F3N2O3/c1-23(11-16(24)13-5-3-2-4-6-13)12-17(25)22-14-7-9-15(10-8-14)26-18(19,20)21/h2-10,16,24H,11-12H2,1H3,(H,22,25)/t16-/m1/s1. The van der Waals surface area contributed by atoms with Gasteiger partial charge in [-0.2, -0.15) is 0 Å². The second-order valence-corrected chi connectivity index (χ2v) is 5.74. The van der Waals surface area contributed by atoms with Gasteiger partial charge in [0, 0.05) is 12.2 Å². The van der Waals surface area contributed by atoms with Gasteiger partial charge in [-0.05, 0) is 36.9 Å². The smallest absolute Gasteiger partial charge is 0.406 e. The summed E-state index contributed by atoms with van der Waals surface area (Å²) in [5, 5.41) is 12.7. The number of carbonyl (C=O) groups excluding carboxylic acids is 1. The zero-order valence-corrected chi connectivity index (χ0v) is 14.0. The monoisotopic (exact) mass is 368 g/mol. The van der Waals surface area contributed by atoms with E-state index in [1.54, 1.807) is 24.1 Å². The highest BCUT2D eigenvalue weighted by molar-refractivity contribution is 5.92. The molecule has 1 atom stereocenters. The lowest BCUT2D eigenvalue weighted by atomic mass is 10.1. The summed E-state index contributed by atoms with van der Waals surface area (Å²) in [5.41, 5.74) is 1.10. The molecule has 0 saturated carbocycles. The largest absolute Gasteiger partial charge is 0.573 e. The fourth-order valence-corrected chi connectivity index (χ4v) is 2.33. The average Bonchev–Trinajstić information content (AvgIpc) is 2.56. The second-order valence-electron chi connectivity index (χ2n) is 5.74. The minimum absolute atomic E-state index is 0.0185. The highest BCUT2D eigenvalue weighted by atomic mass is 19.4. The first kappa shape index (κ1) is 19.7. The summed E-state index contributed by atoms with van der Waals surface area (Å²) >= 11 is 0. The van der Waals surface area contributed by atoms with Gasteiger partial charge in [-0.15, -0.1) is 13.2 Å². The molecule has 0 fully saturated rings. The van der Waals surface area contributed by atoms with Gasteiger partial charge in [0.1, 0.15) is 5.75 Å². The Kier molecular flexibility index (Phi) is 6.59. The van der Waals surface area contributed by atoms with Gasteiger partial charge in [0.2, 0.25) is 5.91 Å². The third kappa shape index (κ3) is 6.73. The molecule has 0 spiro atoms. The minimum Gasteiger partial charge on any atom is -0.406 e. The normalized spacial score (nSPS) is 12.7. The lowest BCUT2D eigenvalue weighted by Gasteiger charge is -2.20. The molecule has 2 aromatic rings. The quantitative estimate of drug-likeness (QED) is 0.788. The van der Waals surface area contributed by atoms with Crippen LogP contribution in [0.2, 0.25) is 0 Å². The Bertz CT molecular complexity index is 706. The maximum absolute atomic E-state index is 12.1. The number of nitrogens with one attached hydrogen (secondary N) is 1. The maximum atomic E-state index is 12.1. The highest BCUT2D eigenvalue weighted by Gasteiger charge is 2.30. The number of benzene rings is 2. The molecule has 0 aliphatic rings. The Morgan fingerprint density at radius 2 is 1.77 bits per heavy atom. The molecule has 0 aliphatic heterocycles. The number of anilines is 1. The van der Waals surface area contributed by atoms with Crippen LogP contribution in [0.15, 0.2) is 54.6 Å². The minimum atomic E-state index is -4.76. The first-order chi connectivity index (χ1) is 12.2. The van der Waals surface area contributed by atoms with E-state index in [0.29, 0.717) is 5.69 Å². The van der Waals surface area contributed by atoms with Crippen LogP contribution < -0.4 is 10.1 Å². The van der Waals surface area contributed by atoms with Gasteiger partial charge in [-0.1, -0.05) is 30.3 Å². The van der Waals surface area contributed by atoms with Crippen molar-refractivity contribution in [3.8, 4) is 5.75 Å². The number of ether oxygens (including phenoxy) is 1. The van der Waals surface area contributed by atoms with Crippen molar-refractivity contribution in [1.82, 2.24) is 4.90 Å². The van der Waals surface area contributed by atoms with Crippen LogP contribution in [0.4, 0.5) is 18.9 Å². The van der Waals surface area contributed by atoms with Gasteiger partial charge in [-0.3, -0.25) is 9.69 Å². The van der Waals surface area contributed by atoms with Gasteiger partial charge in [0.25, 0.3) is 0 Å². The number of likely N-dealkylation sites (N-methyl/N-ethyl adjacent to an activating group) is 1. The van der Waals surface area contributed by atoms with E-state index in [-0.39, 0.29) is 24.7 Å². The average molecular weight is 368 g/mol. The van der Waals surface area contributed by atoms with Crippen molar-refractivity contribution in [3.63, 3.8) is 0 Å². The Labute approximate surface area is 149 Å². The summed E-state index contributed by atoms with van der Waals surface area (Å²) in [6.07, 6.45) is -5.49. The third-order valence-electron chi connectivity index (χ3n) is 3.45. The van der Waals surface area contributed by atoms with E-state index in [0.717, 1.165) is 17.7 Å². The number of carbonyl (C=O) groups is 1. The molecular weight excluding hydrogens is 349 g/mol. The lowest BCUT2D eigenvalue weighted by Crippen LogP contribution is -2.33. The zero-order chi connectivity index (χ0) is 19.2. The molecule has 26 heavy (non-hydrogen) atoms. The second kappa shape index (κ2) is 8.68. The van der Waals surface area contributed by atoms with Crippen LogP contribution in [-0.4, -0.2) is 42.4 Å². The third-order valence-corrected chi connectivity index (χ3v) is 3.45. The van der Waals surface area contributed by atoms with Crippen LogP contribution in [0.1, 0.15) is 11.7 Å². The number of halogens is 3. The predicted molar refractivity (Wildman–Crippen MR) is 90.7 cm³/mol. The summed E-state index contributed by atoms with van der Waals surface area (Å²) in [6.45, 7) is 0.278. The molecule has 0 unspecified atom stereocenters. The van der Waals surface area contributed by atoms with Gasteiger partial charge in [-0.25, -0.2) is 0 Å². The van der Waals surface area contributed by atoms with E-state index in [4.69, 9.17) is 0 Å². The number of hydrogen-bond acceptors (Lipinski definition) is 4. The van der Waals surface area contributed by atoms with Crippen molar-refractivity contribution in [2.75, 3.05) is 25.5 Å². The number of aliphatic hydroxyl groups excluding tert-OH is 1. The van der Waals surface area contributed by atoms with Crippen molar-refractivity contribution in [2.45, 2.75) is 12.5 Å². The SMILES string of the molecule is CN(CC(=O)Nc1ccc(OC(F)(F)F)cc1)C[C@@H](O)c1ccccc1. The van der Waals surface area contributed by atoms with Crippen molar-refractivity contribution < 1.29 is 27.8 Å². The van der Waals surface area contributed by atoms with Crippen LogP contribution in [0, 0.1) is 0 Å². The summed E-state index contributed by atoms with van der Waals surface area (Å²) < 4.78 is 40.1. The van der Waals surface area contributed by atoms with E-state index in [9.17, 15) is 23.1 Å². The van der Waals surface area contributed by atoms with E-state index >= 15 is 0 Å². The Morgan fingerprint density at radius 3 is 2.35 bits per heavy atom. The predicted octanol–water partition coefficient (Wildman–Crippen LogP) is 3.19. The molecule has 2 rings (SSSR count). The molecule has 0 heterocycles. The molecule has 2 N–H and O–H groups in total. The van der Waals surface area contributed by atoms with Gasteiger partial charge >= 0.3 is 6.36 Å². The number of aliphatic hydroxyl groups is 1. The molecular formula is C18H19F3N2O3. The first-order valence-electron chi connectivity index (χ1n) is 7.80. The number of nitrogens with zero attached hydrogens (tertiary/aromatic N) is 1. The van der Waals surface area contributed by atoms with Gasteiger partial charge in [0.05, 0.1) is 12.6 Å². The zero-order valence-electron chi connectivity index (χ0n) is 14.0. The van der Waals surface area contributed by atoms with Crippen molar-refractivity contribution >= 4 is 11.6 Å². The first-order valence-corrected chi connectivity index (χ1v) is 7.80. The number of rotatable bonds is 7. The molecule has 1 amide bonds. The number of amides is 1. The van der Waals surface area contributed by atoms with Gasteiger partial charge < -0.3 is 15.2 Å². The van der Waals surface area contributed by atoms with Crippen LogP contribution in [0.5, 0.6) is 5.75 Å². The number of hydrogen-bond donors (Lipinski definition) is 2. The summed E-state index contributed by atoms with van der Waals surface area (Å²) in [7, 11) is 1.69. The Morgan fingerprint density at radius 1 is 1.15 bits per heavy atom. The topological polar surface area (TPSA) is 61.8 Å². The van der Waals surface area contributed by atoms with E-state index in [2.05, 4.69) is 10.1 Å². The summed E-state index contributed by atoms with van der Waals surface area (Å²) in [6, 6.07) is 13.9. The molecule has 140 valence electrons. The van der Waals surface area contributed by atoms with Crippen molar-refractivity contribution in [2.24, 2.45) is 0 Å². The maximum Gasteiger partial charge on any atom is 0.573 e. The summed E-state index contributed by atoms with van der Waals surface area (Å²) in [4.78, 5) is 13.7. The van der Waals surface area contributed by atoms with E-state index < -0.39 is 12.5 Å². The fourth-order valence-electron chi connectivity index (χ4n) is 2.33. The molecule has 0 radical (unpaired) electrons. The Hall–Kier alpha value is -2.58. The molecule has 0 aliphatic carbocycles. The van der Waals surface area contributed by atoms with Gasteiger partial charge in [0.15, 0.2) is 0 Å². The van der Waals surface area contributed by atoms with Crippen LogP contribution in [0.3, 0.4) is 0 Å². The van der Waals surface area contributed by atoms with Crippen molar-refractivity contribution in [1.29, 1.82) is 0 Å². The summed E-state index contributed by atoms with van der Waals surface area (Å²) in [5.74, 6) is -0.712. The van der Waals surface area contributed by atoms with Crippen LogP contribution >= 0.6 is 0 Å². The van der Waals surface area contributed by atoms with Crippen LogP contribution in [-0.2, 0) is 4.79 Å². The van der Waals surface area contributed by atoms with Crippen LogP contribution in [0.25, 0.3) is 0 Å². The Balaban J connectivity index is 1.82. The highest BCUT2D eigenvalue weighted by Crippen LogP contribution is 2.24. The molecule has 8 heteroatoms. The van der Waals surface area contributed by atoms with E-state index in [1.807, 2.05) is 18.2 Å². The molecule has 0 aromatic heterocycles. The lowest BCUT2D eigenvalue weighted by molar-refractivity contribution is -0.274. The molecule has 2 aromatic carbocycles. The number of alkyl halides is 3. The molecule has 0 saturated heterocycles. The molecule has 5 nitrogen and oxygen atoms in total. The van der Waals surface area contributed by atoms with Crippen molar-refractivity contribution in [3.05, 3.63) is 60.2 Å². The van der Waals surface area contributed by atoms with E-state index in [1.165, 1.54) is 12.1 Å². The molecule has 0 bridgehead atoms. The fraction of sp³-hybridized carbons (Fsp3) is 0.278.